The number of amides is 1. The predicted molar refractivity (Wildman–Crippen MR) is 123 cm³/mol. The SMILES string of the molecule is CC1CCN(CC2CCCN(C(=O)c3cccc(S(=O)(=O)N4CCCCC4)c3)C2)CC1. The third kappa shape index (κ3) is 5.49. The number of carbonyl (C=O) groups excluding carboxylic acids is 1. The molecule has 0 saturated carbocycles. The van der Waals surface area contributed by atoms with Crippen molar-refractivity contribution < 1.29 is 13.2 Å². The lowest BCUT2D eigenvalue weighted by Crippen LogP contribution is -2.45. The van der Waals surface area contributed by atoms with Crippen molar-refractivity contribution in [3.8, 4) is 0 Å². The van der Waals surface area contributed by atoms with Gasteiger partial charge in [0.15, 0.2) is 0 Å². The lowest BCUT2D eigenvalue weighted by atomic mass is 9.94. The molecule has 3 aliphatic rings. The Bertz CT molecular complexity index is 859. The largest absolute Gasteiger partial charge is 0.338 e. The molecule has 0 spiro atoms. The second-order valence-corrected chi connectivity index (χ2v) is 11.7. The summed E-state index contributed by atoms with van der Waals surface area (Å²) in [5.41, 5.74) is 0.491. The Morgan fingerprint density at radius 2 is 1.71 bits per heavy atom. The number of piperidine rings is 3. The van der Waals surface area contributed by atoms with Crippen LogP contribution in [0.15, 0.2) is 29.2 Å². The first-order valence-corrected chi connectivity index (χ1v) is 13.5. The molecule has 1 atom stereocenters. The molecule has 31 heavy (non-hydrogen) atoms. The maximum Gasteiger partial charge on any atom is 0.253 e. The van der Waals surface area contributed by atoms with Gasteiger partial charge in [0, 0.05) is 38.3 Å². The third-order valence-corrected chi connectivity index (χ3v) is 9.13. The fourth-order valence-electron chi connectivity index (χ4n) is 5.23. The average Bonchev–Trinajstić information content (AvgIpc) is 2.81. The Morgan fingerprint density at radius 1 is 0.968 bits per heavy atom. The van der Waals surface area contributed by atoms with Crippen molar-refractivity contribution in [1.82, 2.24) is 14.1 Å². The van der Waals surface area contributed by atoms with E-state index in [1.807, 2.05) is 4.90 Å². The lowest BCUT2D eigenvalue weighted by Gasteiger charge is -2.38. The minimum Gasteiger partial charge on any atom is -0.338 e. The van der Waals surface area contributed by atoms with E-state index < -0.39 is 10.0 Å². The van der Waals surface area contributed by atoms with Gasteiger partial charge in [-0.2, -0.15) is 4.31 Å². The number of carbonyl (C=O) groups is 1. The summed E-state index contributed by atoms with van der Waals surface area (Å²) in [6, 6.07) is 6.67. The summed E-state index contributed by atoms with van der Waals surface area (Å²) in [5.74, 6) is 1.30. The summed E-state index contributed by atoms with van der Waals surface area (Å²) in [6.07, 6.45) is 7.62. The highest BCUT2D eigenvalue weighted by atomic mass is 32.2. The van der Waals surface area contributed by atoms with Crippen LogP contribution in [0.3, 0.4) is 0 Å². The molecule has 0 aliphatic carbocycles. The van der Waals surface area contributed by atoms with Gasteiger partial charge in [-0.3, -0.25) is 4.79 Å². The summed E-state index contributed by atoms with van der Waals surface area (Å²) in [4.78, 5) is 18.0. The summed E-state index contributed by atoms with van der Waals surface area (Å²) >= 11 is 0. The molecule has 0 aromatic heterocycles. The summed E-state index contributed by atoms with van der Waals surface area (Å²) in [6.45, 7) is 8.42. The van der Waals surface area contributed by atoms with Crippen molar-refractivity contribution in [3.63, 3.8) is 0 Å². The molecule has 7 heteroatoms. The highest BCUT2D eigenvalue weighted by Gasteiger charge is 2.29. The topological polar surface area (TPSA) is 60.9 Å². The summed E-state index contributed by atoms with van der Waals surface area (Å²) in [7, 11) is -3.53. The number of rotatable bonds is 5. The van der Waals surface area contributed by atoms with Gasteiger partial charge in [-0.1, -0.05) is 19.4 Å². The van der Waals surface area contributed by atoms with Gasteiger partial charge in [0.1, 0.15) is 0 Å². The van der Waals surface area contributed by atoms with Crippen LogP contribution in [0.25, 0.3) is 0 Å². The Balaban J connectivity index is 1.41. The van der Waals surface area contributed by atoms with Crippen LogP contribution < -0.4 is 0 Å². The van der Waals surface area contributed by atoms with Crippen LogP contribution in [-0.2, 0) is 10.0 Å². The Morgan fingerprint density at radius 3 is 2.45 bits per heavy atom. The zero-order chi connectivity index (χ0) is 21.8. The quantitative estimate of drug-likeness (QED) is 0.694. The molecule has 1 unspecified atom stereocenters. The molecule has 3 heterocycles. The van der Waals surface area contributed by atoms with Crippen molar-refractivity contribution in [2.75, 3.05) is 45.8 Å². The Kier molecular flexibility index (Phi) is 7.34. The zero-order valence-electron chi connectivity index (χ0n) is 18.8. The molecule has 0 radical (unpaired) electrons. The van der Waals surface area contributed by atoms with E-state index in [0.29, 0.717) is 24.6 Å². The molecule has 1 aromatic carbocycles. The average molecular weight is 448 g/mol. The minimum atomic E-state index is -3.53. The van der Waals surface area contributed by atoms with E-state index in [2.05, 4.69) is 11.8 Å². The zero-order valence-corrected chi connectivity index (χ0v) is 19.7. The molecule has 6 nitrogen and oxygen atoms in total. The second-order valence-electron chi connectivity index (χ2n) is 9.74. The molecule has 3 fully saturated rings. The van der Waals surface area contributed by atoms with E-state index in [1.165, 1.54) is 32.4 Å². The van der Waals surface area contributed by atoms with Crippen LogP contribution >= 0.6 is 0 Å². The third-order valence-electron chi connectivity index (χ3n) is 7.23. The minimum absolute atomic E-state index is 0.0346. The molecule has 3 aliphatic heterocycles. The van der Waals surface area contributed by atoms with E-state index in [9.17, 15) is 13.2 Å². The number of hydrogen-bond donors (Lipinski definition) is 0. The Hall–Kier alpha value is -1.44. The first-order valence-electron chi connectivity index (χ1n) is 12.1. The smallest absolute Gasteiger partial charge is 0.253 e. The van der Waals surface area contributed by atoms with Crippen LogP contribution in [0.1, 0.15) is 62.2 Å². The molecule has 3 saturated heterocycles. The van der Waals surface area contributed by atoms with Crippen LogP contribution in [0.4, 0.5) is 0 Å². The van der Waals surface area contributed by atoms with E-state index in [-0.39, 0.29) is 10.8 Å². The fraction of sp³-hybridized carbons (Fsp3) is 0.708. The van der Waals surface area contributed by atoms with Crippen molar-refractivity contribution in [3.05, 3.63) is 29.8 Å². The molecule has 172 valence electrons. The van der Waals surface area contributed by atoms with Gasteiger partial charge in [-0.25, -0.2) is 8.42 Å². The van der Waals surface area contributed by atoms with Gasteiger partial charge >= 0.3 is 0 Å². The molecular formula is C24H37N3O3S. The fourth-order valence-corrected chi connectivity index (χ4v) is 6.80. The van der Waals surface area contributed by atoms with Crippen LogP contribution in [0.2, 0.25) is 0 Å². The van der Waals surface area contributed by atoms with Crippen molar-refractivity contribution >= 4 is 15.9 Å². The molecule has 1 amide bonds. The highest BCUT2D eigenvalue weighted by Crippen LogP contribution is 2.25. The number of likely N-dealkylation sites (tertiary alicyclic amines) is 2. The number of benzene rings is 1. The van der Waals surface area contributed by atoms with E-state index >= 15 is 0 Å². The number of sulfonamides is 1. The van der Waals surface area contributed by atoms with Gasteiger partial charge in [-0.05, 0) is 81.6 Å². The maximum absolute atomic E-state index is 13.2. The van der Waals surface area contributed by atoms with Crippen LogP contribution in [0, 0.1) is 11.8 Å². The van der Waals surface area contributed by atoms with Crippen molar-refractivity contribution in [2.45, 2.75) is 56.8 Å². The van der Waals surface area contributed by atoms with E-state index in [4.69, 9.17) is 0 Å². The van der Waals surface area contributed by atoms with Gasteiger partial charge in [0.2, 0.25) is 10.0 Å². The van der Waals surface area contributed by atoms with E-state index in [1.54, 1.807) is 28.6 Å². The van der Waals surface area contributed by atoms with Crippen molar-refractivity contribution in [1.29, 1.82) is 0 Å². The molecule has 0 N–H and O–H groups in total. The van der Waals surface area contributed by atoms with Gasteiger partial charge < -0.3 is 9.80 Å². The molecular weight excluding hydrogens is 410 g/mol. The lowest BCUT2D eigenvalue weighted by molar-refractivity contribution is 0.0622. The van der Waals surface area contributed by atoms with Crippen LogP contribution in [-0.4, -0.2) is 74.2 Å². The first-order chi connectivity index (χ1) is 14.9. The molecule has 0 bridgehead atoms. The summed E-state index contributed by atoms with van der Waals surface area (Å²) < 4.78 is 27.6. The highest BCUT2D eigenvalue weighted by molar-refractivity contribution is 7.89. The molecule has 4 rings (SSSR count). The monoisotopic (exact) mass is 447 g/mol. The van der Waals surface area contributed by atoms with Crippen molar-refractivity contribution in [2.24, 2.45) is 11.8 Å². The first kappa shape index (κ1) is 22.7. The van der Waals surface area contributed by atoms with Gasteiger partial charge in [0.05, 0.1) is 4.90 Å². The van der Waals surface area contributed by atoms with Gasteiger partial charge in [-0.15, -0.1) is 0 Å². The maximum atomic E-state index is 13.2. The van der Waals surface area contributed by atoms with E-state index in [0.717, 1.165) is 51.2 Å². The summed E-state index contributed by atoms with van der Waals surface area (Å²) in [5, 5.41) is 0. The number of hydrogen-bond acceptors (Lipinski definition) is 4. The van der Waals surface area contributed by atoms with Crippen LogP contribution in [0.5, 0.6) is 0 Å². The number of nitrogens with zero attached hydrogens (tertiary/aromatic N) is 3. The standard InChI is InChI=1S/C24H37N3O3S/c1-20-10-15-25(16-11-20)18-21-7-6-12-26(19-21)24(28)22-8-5-9-23(17-22)31(29,30)27-13-3-2-4-14-27/h5,8-9,17,20-21H,2-4,6-7,10-16,18-19H2,1H3. The Labute approximate surface area is 187 Å². The normalized spacial score (nSPS) is 24.9. The second kappa shape index (κ2) is 10.0. The molecule has 1 aromatic rings. The predicted octanol–water partition coefficient (Wildman–Crippen LogP) is 3.45. The van der Waals surface area contributed by atoms with Gasteiger partial charge in [0.25, 0.3) is 5.91 Å².